The fraction of sp³-hybridized carbons (Fsp3) is 0.500. The van der Waals surface area contributed by atoms with E-state index in [1.54, 1.807) is 26.8 Å². The molecule has 0 fully saturated rings. The molecule has 0 saturated carbocycles. The second-order valence-corrected chi connectivity index (χ2v) is 4.98. The number of carboxylic acids is 1. The van der Waals surface area contributed by atoms with Crippen LogP contribution in [0.3, 0.4) is 0 Å². The number of hydrogen-bond donors (Lipinski definition) is 2. The number of carbonyl (C=O) groups is 1. The van der Waals surface area contributed by atoms with Crippen LogP contribution in [0.5, 0.6) is 5.75 Å². The van der Waals surface area contributed by atoms with Gasteiger partial charge in [-0.15, -0.1) is 0 Å². The summed E-state index contributed by atoms with van der Waals surface area (Å²) in [6.07, 6.45) is 0.447. The van der Waals surface area contributed by atoms with Gasteiger partial charge in [-0.25, -0.2) is 0 Å². The molecule has 0 radical (unpaired) electrons. The molecule has 0 heterocycles. The Labute approximate surface area is 123 Å². The number of aliphatic carboxylic acids is 1. The summed E-state index contributed by atoms with van der Waals surface area (Å²) in [6.45, 7) is 5.76. The molecular formula is C14H20N2O5. The van der Waals surface area contributed by atoms with Crippen molar-refractivity contribution in [2.24, 2.45) is 5.41 Å². The number of nitro benzene ring substituents is 1. The van der Waals surface area contributed by atoms with Gasteiger partial charge in [0.1, 0.15) is 5.75 Å². The third kappa shape index (κ3) is 4.34. The first-order valence-corrected chi connectivity index (χ1v) is 6.72. The molecule has 0 aliphatic rings. The van der Waals surface area contributed by atoms with Crippen molar-refractivity contribution in [2.75, 3.05) is 18.5 Å². The van der Waals surface area contributed by atoms with Crippen molar-refractivity contribution in [3.63, 3.8) is 0 Å². The predicted octanol–water partition coefficient (Wildman–Crippen LogP) is 2.91. The number of rotatable bonds is 8. The Bertz CT molecular complexity index is 532. The van der Waals surface area contributed by atoms with Gasteiger partial charge in [0, 0.05) is 24.4 Å². The van der Waals surface area contributed by atoms with E-state index in [1.807, 2.05) is 0 Å². The fourth-order valence-electron chi connectivity index (χ4n) is 1.69. The normalized spacial score (nSPS) is 13.3. The molecule has 0 spiro atoms. The zero-order valence-corrected chi connectivity index (χ0v) is 12.4. The van der Waals surface area contributed by atoms with Gasteiger partial charge in [0.15, 0.2) is 0 Å². The number of nitrogens with zero attached hydrogens (tertiary/aromatic N) is 1. The minimum absolute atomic E-state index is 0.100. The third-order valence-electron chi connectivity index (χ3n) is 3.39. The highest BCUT2D eigenvalue weighted by Gasteiger charge is 2.30. The van der Waals surface area contributed by atoms with Crippen molar-refractivity contribution in [2.45, 2.75) is 27.2 Å². The van der Waals surface area contributed by atoms with E-state index >= 15 is 0 Å². The van der Waals surface area contributed by atoms with Crippen molar-refractivity contribution >= 4 is 17.3 Å². The molecule has 7 heteroatoms. The molecule has 0 aliphatic carbocycles. The Kier molecular flexibility index (Phi) is 5.52. The van der Waals surface area contributed by atoms with E-state index < -0.39 is 16.3 Å². The van der Waals surface area contributed by atoms with E-state index in [2.05, 4.69) is 5.32 Å². The van der Waals surface area contributed by atoms with Gasteiger partial charge in [-0.2, -0.15) is 0 Å². The van der Waals surface area contributed by atoms with Crippen molar-refractivity contribution in [1.29, 1.82) is 0 Å². The molecule has 1 aromatic rings. The van der Waals surface area contributed by atoms with Crippen LogP contribution in [0.25, 0.3) is 0 Å². The van der Waals surface area contributed by atoms with Crippen LogP contribution in [0.4, 0.5) is 11.4 Å². The molecular weight excluding hydrogens is 276 g/mol. The van der Waals surface area contributed by atoms with Crippen molar-refractivity contribution in [1.82, 2.24) is 0 Å². The van der Waals surface area contributed by atoms with E-state index in [4.69, 9.17) is 4.74 Å². The standard InChI is InChI=1S/C14H20N2O5/c1-4-14(3,13(17)18)9-15-10-6-11(16(19)20)8-12(7-10)21-5-2/h6-8,15H,4-5,9H2,1-3H3,(H,17,18). The second-order valence-electron chi connectivity index (χ2n) is 4.98. The number of benzene rings is 1. The van der Waals surface area contributed by atoms with Crippen LogP contribution in [0.1, 0.15) is 27.2 Å². The molecule has 2 N–H and O–H groups in total. The molecule has 7 nitrogen and oxygen atoms in total. The van der Waals surface area contributed by atoms with Gasteiger partial charge in [0.25, 0.3) is 5.69 Å². The highest BCUT2D eigenvalue weighted by atomic mass is 16.6. The number of anilines is 1. The van der Waals surface area contributed by atoms with Crippen LogP contribution in [-0.4, -0.2) is 29.2 Å². The molecule has 1 rings (SSSR count). The summed E-state index contributed by atoms with van der Waals surface area (Å²) >= 11 is 0. The van der Waals surface area contributed by atoms with Crippen LogP contribution in [0.2, 0.25) is 0 Å². The lowest BCUT2D eigenvalue weighted by Gasteiger charge is -2.24. The number of carboxylic acid groups (broad SMARTS) is 1. The van der Waals surface area contributed by atoms with Gasteiger partial charge in [-0.3, -0.25) is 14.9 Å². The van der Waals surface area contributed by atoms with Crippen molar-refractivity contribution < 1.29 is 19.6 Å². The zero-order chi connectivity index (χ0) is 16.0. The van der Waals surface area contributed by atoms with Crippen LogP contribution >= 0.6 is 0 Å². The average molecular weight is 296 g/mol. The lowest BCUT2D eigenvalue weighted by Crippen LogP contribution is -2.34. The number of nitrogens with one attached hydrogen (secondary N) is 1. The van der Waals surface area contributed by atoms with Gasteiger partial charge in [0.2, 0.25) is 0 Å². The summed E-state index contributed by atoms with van der Waals surface area (Å²) in [5, 5.41) is 23.1. The monoisotopic (exact) mass is 296 g/mol. The third-order valence-corrected chi connectivity index (χ3v) is 3.39. The number of hydrogen-bond acceptors (Lipinski definition) is 5. The Hall–Kier alpha value is -2.31. The van der Waals surface area contributed by atoms with E-state index in [9.17, 15) is 20.0 Å². The topological polar surface area (TPSA) is 102 Å². The first kappa shape index (κ1) is 16.7. The summed E-state index contributed by atoms with van der Waals surface area (Å²) in [6, 6.07) is 4.32. The number of ether oxygens (including phenoxy) is 1. The fourth-order valence-corrected chi connectivity index (χ4v) is 1.69. The molecule has 0 aliphatic heterocycles. The van der Waals surface area contributed by atoms with E-state index in [-0.39, 0.29) is 12.2 Å². The summed E-state index contributed by atoms with van der Waals surface area (Å²) in [5.41, 5.74) is -0.568. The largest absolute Gasteiger partial charge is 0.494 e. The Morgan fingerprint density at radius 1 is 1.43 bits per heavy atom. The van der Waals surface area contributed by atoms with Gasteiger partial charge in [-0.05, 0) is 20.3 Å². The minimum atomic E-state index is -0.934. The predicted molar refractivity (Wildman–Crippen MR) is 78.8 cm³/mol. The van der Waals surface area contributed by atoms with Crippen LogP contribution in [0, 0.1) is 15.5 Å². The van der Waals surface area contributed by atoms with Crippen LogP contribution in [-0.2, 0) is 4.79 Å². The average Bonchev–Trinajstić information content (AvgIpc) is 2.44. The summed E-state index contributed by atoms with van der Waals surface area (Å²) < 4.78 is 5.28. The maximum Gasteiger partial charge on any atom is 0.311 e. The molecule has 1 atom stereocenters. The Morgan fingerprint density at radius 3 is 2.57 bits per heavy atom. The highest BCUT2D eigenvalue weighted by molar-refractivity contribution is 5.75. The molecule has 116 valence electrons. The van der Waals surface area contributed by atoms with Gasteiger partial charge in [0.05, 0.1) is 23.0 Å². The SMILES string of the molecule is CCOc1cc(NCC(C)(CC)C(=O)O)cc([N+](=O)[O-])c1. The molecule has 0 bridgehead atoms. The van der Waals surface area contributed by atoms with Crippen molar-refractivity contribution in [3.8, 4) is 5.75 Å². The Morgan fingerprint density at radius 2 is 2.10 bits per heavy atom. The summed E-state index contributed by atoms with van der Waals surface area (Å²) in [7, 11) is 0. The molecule has 0 aromatic heterocycles. The highest BCUT2D eigenvalue weighted by Crippen LogP contribution is 2.28. The lowest BCUT2D eigenvalue weighted by atomic mass is 9.87. The molecule has 0 saturated heterocycles. The zero-order valence-electron chi connectivity index (χ0n) is 12.4. The van der Waals surface area contributed by atoms with Gasteiger partial charge < -0.3 is 15.2 Å². The van der Waals surface area contributed by atoms with E-state index in [0.717, 1.165) is 0 Å². The summed E-state index contributed by atoms with van der Waals surface area (Å²) in [5.74, 6) is -0.532. The Balaban J connectivity index is 2.96. The first-order valence-electron chi connectivity index (χ1n) is 6.72. The van der Waals surface area contributed by atoms with E-state index in [0.29, 0.717) is 24.5 Å². The maximum atomic E-state index is 11.2. The number of nitro groups is 1. The minimum Gasteiger partial charge on any atom is -0.494 e. The van der Waals surface area contributed by atoms with Crippen LogP contribution < -0.4 is 10.1 Å². The first-order chi connectivity index (χ1) is 9.82. The molecule has 1 aromatic carbocycles. The van der Waals surface area contributed by atoms with Gasteiger partial charge >= 0.3 is 5.97 Å². The summed E-state index contributed by atoms with van der Waals surface area (Å²) in [4.78, 5) is 21.6. The number of non-ortho nitro benzene ring substituents is 1. The van der Waals surface area contributed by atoms with Crippen molar-refractivity contribution in [3.05, 3.63) is 28.3 Å². The molecule has 21 heavy (non-hydrogen) atoms. The smallest absolute Gasteiger partial charge is 0.311 e. The van der Waals surface area contributed by atoms with Crippen LogP contribution in [0.15, 0.2) is 18.2 Å². The lowest BCUT2D eigenvalue weighted by molar-refractivity contribution is -0.384. The molecule has 1 unspecified atom stereocenters. The maximum absolute atomic E-state index is 11.2. The molecule has 0 amide bonds. The quantitative estimate of drug-likeness (QED) is 0.565. The second kappa shape index (κ2) is 6.92. The van der Waals surface area contributed by atoms with Gasteiger partial charge in [-0.1, -0.05) is 6.92 Å². The van der Waals surface area contributed by atoms with E-state index in [1.165, 1.54) is 12.1 Å².